The highest BCUT2D eigenvalue weighted by Crippen LogP contribution is 2.20. The number of nitrogens with one attached hydrogen (secondary N) is 1. The second-order valence-electron chi connectivity index (χ2n) is 3.54. The van der Waals surface area contributed by atoms with Crippen molar-refractivity contribution in [3.05, 3.63) is 11.2 Å². The van der Waals surface area contributed by atoms with Gasteiger partial charge in [-0.1, -0.05) is 0 Å². The van der Waals surface area contributed by atoms with Gasteiger partial charge in [0, 0.05) is 13.0 Å². The topological polar surface area (TPSA) is 85.4 Å². The van der Waals surface area contributed by atoms with E-state index in [1.165, 1.54) is 12.6 Å². The van der Waals surface area contributed by atoms with Crippen molar-refractivity contribution in [1.82, 2.24) is 9.71 Å². The van der Waals surface area contributed by atoms with Crippen molar-refractivity contribution in [3.63, 3.8) is 0 Å². The van der Waals surface area contributed by atoms with Gasteiger partial charge in [-0.2, -0.15) is 0 Å². The fraction of sp³-hybridized carbons (Fsp3) is 0.455. The monoisotopic (exact) mass is 302 g/mol. The lowest BCUT2D eigenvalue weighted by Gasteiger charge is -2.05. The number of methoxy groups -OCH3 is 1. The number of rotatable bonds is 7. The number of sulfonamides is 1. The zero-order valence-electron chi connectivity index (χ0n) is 10.4. The summed E-state index contributed by atoms with van der Waals surface area (Å²) in [7, 11) is -2.56. The zero-order chi connectivity index (χ0) is 14.3. The highest BCUT2D eigenvalue weighted by atomic mass is 32.2. The van der Waals surface area contributed by atoms with Gasteiger partial charge in [0.1, 0.15) is 0 Å². The summed E-state index contributed by atoms with van der Waals surface area (Å²) >= 11 is 0.874. The van der Waals surface area contributed by atoms with Crippen molar-refractivity contribution < 1.29 is 17.9 Å². The van der Waals surface area contributed by atoms with Crippen molar-refractivity contribution in [2.45, 2.75) is 23.5 Å². The van der Waals surface area contributed by atoms with E-state index in [-0.39, 0.29) is 16.4 Å². The van der Waals surface area contributed by atoms with E-state index in [1.807, 2.05) is 0 Å². The molecule has 0 aromatic carbocycles. The average molecular weight is 302 g/mol. The van der Waals surface area contributed by atoms with E-state index >= 15 is 0 Å². The molecule has 0 saturated carbocycles. The molecule has 0 unspecified atom stereocenters. The van der Waals surface area contributed by atoms with E-state index < -0.39 is 16.0 Å². The van der Waals surface area contributed by atoms with E-state index in [2.05, 4.69) is 20.4 Å². The zero-order valence-corrected chi connectivity index (χ0v) is 12.0. The molecule has 0 spiro atoms. The normalized spacial score (nSPS) is 10.9. The van der Waals surface area contributed by atoms with Gasteiger partial charge in [0.05, 0.1) is 12.6 Å². The van der Waals surface area contributed by atoms with Crippen LogP contribution in [-0.4, -0.2) is 33.0 Å². The predicted octanol–water partition coefficient (Wildman–Crippen LogP) is 1.01. The van der Waals surface area contributed by atoms with Crippen LogP contribution in [0.4, 0.5) is 0 Å². The molecule has 0 aliphatic carbocycles. The first-order chi connectivity index (χ1) is 9.03. The molecule has 0 atom stereocenters. The van der Waals surface area contributed by atoms with Crippen LogP contribution in [0.5, 0.6) is 0 Å². The number of nitrogens with zero attached hydrogens (tertiary/aromatic N) is 1. The summed E-state index contributed by atoms with van der Waals surface area (Å²) < 4.78 is 30.7. The predicted molar refractivity (Wildman–Crippen MR) is 71.3 cm³/mol. The van der Waals surface area contributed by atoms with Crippen LogP contribution in [0.1, 0.15) is 29.8 Å². The van der Waals surface area contributed by atoms with Gasteiger partial charge in [-0.05, 0) is 12.8 Å². The Bertz CT molecular complexity index is 572. The van der Waals surface area contributed by atoms with Gasteiger partial charge in [-0.25, -0.2) is 22.9 Å². The Balaban J connectivity index is 2.70. The van der Waals surface area contributed by atoms with E-state index in [1.54, 1.807) is 0 Å². The molecular weight excluding hydrogens is 288 g/mol. The van der Waals surface area contributed by atoms with Gasteiger partial charge >= 0.3 is 5.97 Å². The van der Waals surface area contributed by atoms with E-state index in [0.29, 0.717) is 12.8 Å². The molecule has 104 valence electrons. The van der Waals surface area contributed by atoms with E-state index in [9.17, 15) is 13.2 Å². The molecule has 0 saturated heterocycles. The number of thiazole rings is 1. The minimum absolute atomic E-state index is 0.128. The summed E-state index contributed by atoms with van der Waals surface area (Å²) in [5, 5.41) is 0. The number of carbonyl (C=O) groups excluding carboxylic acids is 1. The lowest BCUT2D eigenvalue weighted by Crippen LogP contribution is -2.25. The average Bonchev–Trinajstić information content (AvgIpc) is 2.87. The van der Waals surface area contributed by atoms with Crippen LogP contribution < -0.4 is 4.72 Å². The molecule has 1 N–H and O–H groups in total. The summed E-state index contributed by atoms with van der Waals surface area (Å²) in [6, 6.07) is 0. The molecule has 8 heteroatoms. The molecule has 1 rings (SSSR count). The maximum Gasteiger partial charge on any atom is 0.358 e. The van der Waals surface area contributed by atoms with Crippen molar-refractivity contribution in [2.24, 2.45) is 0 Å². The second kappa shape index (κ2) is 7.23. The minimum Gasteiger partial charge on any atom is -0.464 e. The van der Waals surface area contributed by atoms with Crippen LogP contribution in [0.15, 0.2) is 9.72 Å². The molecular formula is C11H14N2O4S2. The summed E-state index contributed by atoms with van der Waals surface area (Å²) in [5.74, 6) is 1.71. The minimum atomic E-state index is -3.74. The highest BCUT2D eigenvalue weighted by Gasteiger charge is 2.25. The lowest BCUT2D eigenvalue weighted by atomic mass is 10.2. The quantitative estimate of drug-likeness (QED) is 0.461. The number of esters is 1. The number of hydrogen-bond donors (Lipinski definition) is 1. The maximum atomic E-state index is 12.0. The molecule has 0 fully saturated rings. The van der Waals surface area contributed by atoms with Crippen LogP contribution in [0.2, 0.25) is 0 Å². The molecule has 1 aromatic rings. The number of ether oxygens (including phenoxy) is 1. The number of unbranched alkanes of at least 4 members (excludes halogenated alkanes) is 2. The molecule has 19 heavy (non-hydrogen) atoms. The van der Waals surface area contributed by atoms with Gasteiger partial charge in [0.2, 0.25) is 0 Å². The Morgan fingerprint density at radius 2 is 2.32 bits per heavy atom. The molecule has 0 bridgehead atoms. The largest absolute Gasteiger partial charge is 0.464 e. The molecule has 0 aliphatic rings. The Hall–Kier alpha value is -1.43. The molecule has 0 amide bonds. The molecule has 6 nitrogen and oxygen atoms in total. The van der Waals surface area contributed by atoms with Crippen LogP contribution >= 0.6 is 11.3 Å². The summed E-state index contributed by atoms with van der Waals surface area (Å²) in [6.45, 7) is 0.266. The van der Waals surface area contributed by atoms with Crippen molar-refractivity contribution >= 4 is 27.3 Å². The Morgan fingerprint density at radius 1 is 1.58 bits per heavy atom. The highest BCUT2D eigenvalue weighted by molar-refractivity contribution is 7.91. The van der Waals surface area contributed by atoms with Crippen molar-refractivity contribution in [3.8, 4) is 12.3 Å². The summed E-state index contributed by atoms with van der Waals surface area (Å²) in [4.78, 5) is 15.1. The van der Waals surface area contributed by atoms with Crippen LogP contribution in [0.25, 0.3) is 0 Å². The lowest BCUT2D eigenvalue weighted by molar-refractivity contribution is 0.0590. The summed E-state index contributed by atoms with van der Waals surface area (Å²) in [5.41, 5.74) is 1.10. The fourth-order valence-electron chi connectivity index (χ4n) is 1.28. The third kappa shape index (κ3) is 4.31. The Labute approximate surface area is 116 Å². The maximum absolute atomic E-state index is 12.0. The third-order valence-corrected chi connectivity index (χ3v) is 5.03. The first kappa shape index (κ1) is 15.6. The summed E-state index contributed by atoms with van der Waals surface area (Å²) in [6.07, 6.45) is 7.08. The first-order valence-corrected chi connectivity index (χ1v) is 7.84. The van der Waals surface area contributed by atoms with Gasteiger partial charge in [-0.3, -0.25) is 0 Å². The van der Waals surface area contributed by atoms with Crippen LogP contribution in [-0.2, 0) is 14.8 Å². The SMILES string of the molecule is C#CCCCCNS(=O)(=O)c1scnc1C(=O)OC. The number of carbonyl (C=O) groups is 1. The standard InChI is InChI=1S/C11H14N2O4S2/c1-3-4-5-6-7-13-19(15,16)11-9(10(14)17-2)12-8-18-11/h1,8,13H,4-7H2,2H3. The number of hydrogen-bond acceptors (Lipinski definition) is 6. The number of terminal acetylenes is 1. The third-order valence-electron chi connectivity index (χ3n) is 2.20. The van der Waals surface area contributed by atoms with E-state index in [4.69, 9.17) is 6.42 Å². The van der Waals surface area contributed by atoms with Gasteiger partial charge in [0.15, 0.2) is 9.90 Å². The van der Waals surface area contributed by atoms with Crippen molar-refractivity contribution in [1.29, 1.82) is 0 Å². The van der Waals surface area contributed by atoms with Crippen LogP contribution in [0.3, 0.4) is 0 Å². The molecule has 0 radical (unpaired) electrons. The molecule has 1 aromatic heterocycles. The van der Waals surface area contributed by atoms with Crippen LogP contribution in [0, 0.1) is 12.3 Å². The smallest absolute Gasteiger partial charge is 0.358 e. The Morgan fingerprint density at radius 3 is 2.95 bits per heavy atom. The molecule has 0 aliphatic heterocycles. The van der Waals surface area contributed by atoms with Crippen molar-refractivity contribution in [2.75, 3.05) is 13.7 Å². The van der Waals surface area contributed by atoms with Gasteiger partial charge < -0.3 is 4.74 Å². The Kier molecular flexibility index (Phi) is 5.95. The number of aromatic nitrogens is 1. The second-order valence-corrected chi connectivity index (χ2v) is 6.36. The fourth-order valence-corrected chi connectivity index (χ4v) is 3.53. The molecule has 1 heterocycles. The van der Waals surface area contributed by atoms with Gasteiger partial charge in [0.25, 0.3) is 10.0 Å². The first-order valence-electron chi connectivity index (χ1n) is 5.48. The van der Waals surface area contributed by atoms with E-state index in [0.717, 1.165) is 17.8 Å². The van der Waals surface area contributed by atoms with Gasteiger partial charge in [-0.15, -0.1) is 23.7 Å².